The number of halogens is 2. The molecule has 0 radical (unpaired) electrons. The fraction of sp³-hybridized carbons (Fsp3) is 0.0870. The number of carbonyl (C=O) groups is 2. The molecule has 1 amide bonds. The first kappa shape index (κ1) is 22.3. The Balaban J connectivity index is 1.58. The minimum Gasteiger partial charge on any atom is -0.487 e. The van der Waals surface area contributed by atoms with E-state index in [-0.39, 0.29) is 12.2 Å². The molecule has 0 aromatic heterocycles. The Labute approximate surface area is 189 Å². The fourth-order valence-electron chi connectivity index (χ4n) is 2.65. The van der Waals surface area contributed by atoms with Crippen molar-refractivity contribution in [1.82, 2.24) is 5.43 Å². The number of carboxylic acids is 1. The van der Waals surface area contributed by atoms with Crippen molar-refractivity contribution in [3.05, 3.63) is 98.5 Å². The number of rotatable bonds is 7. The molecule has 0 aliphatic rings. The minimum atomic E-state index is -0.981. The molecule has 0 spiro atoms. The first-order chi connectivity index (χ1) is 14.8. The van der Waals surface area contributed by atoms with Gasteiger partial charge in [-0.05, 0) is 66.1 Å². The summed E-state index contributed by atoms with van der Waals surface area (Å²) in [6, 6.07) is 16.6. The maximum atomic E-state index is 12.2. The smallest absolute Gasteiger partial charge is 0.335 e. The fourth-order valence-corrected chi connectivity index (χ4v) is 3.21. The normalized spacial score (nSPS) is 10.8. The quantitative estimate of drug-likeness (QED) is 0.370. The van der Waals surface area contributed by atoms with Crippen LogP contribution in [0.2, 0.25) is 10.0 Å². The molecule has 6 nitrogen and oxygen atoms in total. The van der Waals surface area contributed by atoms with E-state index in [0.717, 1.165) is 11.1 Å². The van der Waals surface area contributed by atoms with E-state index in [1.54, 1.807) is 48.5 Å². The highest BCUT2D eigenvalue weighted by atomic mass is 35.5. The summed E-state index contributed by atoms with van der Waals surface area (Å²) in [5, 5.41) is 13.6. The van der Waals surface area contributed by atoms with E-state index >= 15 is 0 Å². The lowest BCUT2D eigenvalue weighted by Crippen LogP contribution is -2.18. The molecule has 0 aliphatic carbocycles. The molecule has 0 fully saturated rings. The molecular weight excluding hydrogens is 439 g/mol. The standard InChI is InChI=1S/C23H18Cl2N2O4/c1-14-2-8-18(19(24)10-14)22(28)27-26-12-16-5-9-21(20(25)11-16)31-13-15-3-6-17(7-4-15)23(29)30/h2-12H,13H2,1H3,(H,27,28)(H,29,30)/b26-12-. The van der Waals surface area contributed by atoms with E-state index in [4.69, 9.17) is 33.0 Å². The Morgan fingerprint density at radius 1 is 1.03 bits per heavy atom. The van der Waals surface area contributed by atoms with E-state index in [1.165, 1.54) is 18.3 Å². The van der Waals surface area contributed by atoms with Gasteiger partial charge in [0, 0.05) is 0 Å². The highest BCUT2D eigenvalue weighted by Crippen LogP contribution is 2.26. The number of aryl methyl sites for hydroxylation is 1. The average molecular weight is 457 g/mol. The summed E-state index contributed by atoms with van der Waals surface area (Å²) in [5.41, 5.74) is 5.41. The van der Waals surface area contributed by atoms with Crippen LogP contribution in [0.3, 0.4) is 0 Å². The average Bonchev–Trinajstić information content (AvgIpc) is 2.73. The summed E-state index contributed by atoms with van der Waals surface area (Å²) in [6.07, 6.45) is 1.46. The largest absolute Gasteiger partial charge is 0.487 e. The van der Waals surface area contributed by atoms with E-state index in [1.807, 2.05) is 6.92 Å². The molecule has 0 saturated heterocycles. The molecular formula is C23H18Cl2N2O4. The van der Waals surface area contributed by atoms with Crippen LogP contribution in [0.1, 0.15) is 37.4 Å². The Hall–Kier alpha value is -3.35. The zero-order valence-corrected chi connectivity index (χ0v) is 17.9. The SMILES string of the molecule is Cc1ccc(C(=O)N/N=C\c2ccc(OCc3ccc(C(=O)O)cc3)c(Cl)c2)c(Cl)c1. The van der Waals surface area contributed by atoms with Crippen molar-refractivity contribution in [1.29, 1.82) is 0 Å². The van der Waals surface area contributed by atoms with Crippen molar-refractivity contribution in [3.8, 4) is 5.75 Å². The van der Waals surface area contributed by atoms with Crippen LogP contribution < -0.4 is 10.2 Å². The third-order valence-electron chi connectivity index (χ3n) is 4.30. The molecule has 0 saturated carbocycles. The van der Waals surface area contributed by atoms with Crippen LogP contribution in [0, 0.1) is 6.92 Å². The molecule has 0 atom stereocenters. The Kier molecular flexibility index (Phi) is 7.28. The number of amides is 1. The van der Waals surface area contributed by atoms with E-state index in [2.05, 4.69) is 10.5 Å². The number of nitrogens with one attached hydrogen (secondary N) is 1. The first-order valence-electron chi connectivity index (χ1n) is 9.17. The molecule has 0 bridgehead atoms. The molecule has 8 heteroatoms. The number of hydrogen-bond donors (Lipinski definition) is 2. The summed E-state index contributed by atoms with van der Waals surface area (Å²) < 4.78 is 5.69. The third kappa shape index (κ3) is 6.07. The van der Waals surface area contributed by atoms with Crippen molar-refractivity contribution in [3.63, 3.8) is 0 Å². The van der Waals surface area contributed by atoms with Crippen molar-refractivity contribution >= 4 is 41.3 Å². The van der Waals surface area contributed by atoms with Crippen molar-refractivity contribution in [2.45, 2.75) is 13.5 Å². The molecule has 31 heavy (non-hydrogen) atoms. The summed E-state index contributed by atoms with van der Waals surface area (Å²) in [7, 11) is 0. The first-order valence-corrected chi connectivity index (χ1v) is 9.93. The van der Waals surface area contributed by atoms with Gasteiger partial charge in [-0.3, -0.25) is 4.79 Å². The van der Waals surface area contributed by atoms with Gasteiger partial charge < -0.3 is 9.84 Å². The van der Waals surface area contributed by atoms with Crippen molar-refractivity contribution in [2.75, 3.05) is 0 Å². The predicted molar refractivity (Wildman–Crippen MR) is 120 cm³/mol. The Morgan fingerprint density at radius 3 is 2.42 bits per heavy atom. The molecule has 3 rings (SSSR count). The van der Waals surface area contributed by atoms with Crippen LogP contribution in [0.5, 0.6) is 5.75 Å². The number of hydrogen-bond acceptors (Lipinski definition) is 4. The van der Waals surface area contributed by atoms with Gasteiger partial charge in [0.25, 0.3) is 5.91 Å². The number of carboxylic acid groups (broad SMARTS) is 1. The maximum absolute atomic E-state index is 12.2. The number of ether oxygens (including phenoxy) is 1. The van der Waals surface area contributed by atoms with Crippen LogP contribution in [0.25, 0.3) is 0 Å². The van der Waals surface area contributed by atoms with Crippen molar-refractivity contribution in [2.24, 2.45) is 5.10 Å². The van der Waals surface area contributed by atoms with Crippen LogP contribution in [0.4, 0.5) is 0 Å². The van der Waals surface area contributed by atoms with Crippen LogP contribution in [0.15, 0.2) is 65.8 Å². The van der Waals surface area contributed by atoms with Gasteiger partial charge in [0.05, 0.1) is 27.4 Å². The van der Waals surface area contributed by atoms with Gasteiger partial charge in [0.2, 0.25) is 0 Å². The minimum absolute atomic E-state index is 0.210. The molecule has 0 unspecified atom stereocenters. The number of carbonyl (C=O) groups excluding carboxylic acids is 1. The predicted octanol–water partition coefficient (Wildman–Crippen LogP) is 5.34. The van der Waals surface area contributed by atoms with E-state index < -0.39 is 11.9 Å². The summed E-state index contributed by atoms with van der Waals surface area (Å²) >= 11 is 12.4. The summed E-state index contributed by atoms with van der Waals surface area (Å²) in [5.74, 6) is -0.927. The van der Waals surface area contributed by atoms with Gasteiger partial charge >= 0.3 is 5.97 Å². The lowest BCUT2D eigenvalue weighted by molar-refractivity contribution is 0.0696. The monoisotopic (exact) mass is 456 g/mol. The molecule has 0 heterocycles. The second-order valence-corrected chi connectivity index (χ2v) is 7.48. The third-order valence-corrected chi connectivity index (χ3v) is 4.91. The molecule has 158 valence electrons. The Morgan fingerprint density at radius 2 is 1.77 bits per heavy atom. The number of nitrogens with zero attached hydrogens (tertiary/aromatic N) is 1. The number of aromatic carboxylic acids is 1. The van der Waals surface area contributed by atoms with Gasteiger partial charge in [0.1, 0.15) is 12.4 Å². The van der Waals surface area contributed by atoms with Gasteiger partial charge in [0.15, 0.2) is 0 Å². The topological polar surface area (TPSA) is 88.0 Å². The summed E-state index contributed by atoms with van der Waals surface area (Å²) in [6.45, 7) is 2.12. The molecule has 3 aromatic rings. The summed E-state index contributed by atoms with van der Waals surface area (Å²) in [4.78, 5) is 23.1. The van der Waals surface area contributed by atoms with E-state index in [0.29, 0.717) is 26.9 Å². The lowest BCUT2D eigenvalue weighted by atomic mass is 10.1. The highest BCUT2D eigenvalue weighted by Gasteiger charge is 2.09. The molecule has 0 aliphatic heterocycles. The maximum Gasteiger partial charge on any atom is 0.335 e. The highest BCUT2D eigenvalue weighted by molar-refractivity contribution is 6.34. The lowest BCUT2D eigenvalue weighted by Gasteiger charge is -2.09. The number of benzene rings is 3. The van der Waals surface area contributed by atoms with Gasteiger partial charge in [-0.15, -0.1) is 0 Å². The zero-order chi connectivity index (χ0) is 22.4. The van der Waals surface area contributed by atoms with Gasteiger partial charge in [-0.2, -0.15) is 5.10 Å². The van der Waals surface area contributed by atoms with Crippen LogP contribution >= 0.6 is 23.2 Å². The van der Waals surface area contributed by atoms with Gasteiger partial charge in [-0.25, -0.2) is 10.2 Å². The Bertz CT molecular complexity index is 1140. The van der Waals surface area contributed by atoms with Crippen molar-refractivity contribution < 1.29 is 19.4 Å². The molecule has 3 aromatic carbocycles. The van der Waals surface area contributed by atoms with Crippen LogP contribution in [-0.2, 0) is 6.61 Å². The second-order valence-electron chi connectivity index (χ2n) is 6.66. The molecule has 2 N–H and O–H groups in total. The van der Waals surface area contributed by atoms with Crippen LogP contribution in [-0.4, -0.2) is 23.2 Å². The van der Waals surface area contributed by atoms with E-state index in [9.17, 15) is 9.59 Å². The number of hydrazone groups is 1. The van der Waals surface area contributed by atoms with Gasteiger partial charge in [-0.1, -0.05) is 41.4 Å². The second kappa shape index (κ2) is 10.1. The zero-order valence-electron chi connectivity index (χ0n) is 16.4.